The molecule has 0 aliphatic heterocycles. The minimum atomic E-state index is -2.29. The van der Waals surface area contributed by atoms with Gasteiger partial charge in [-0.25, -0.2) is 0 Å². The van der Waals surface area contributed by atoms with E-state index >= 15 is 0 Å². The summed E-state index contributed by atoms with van der Waals surface area (Å²) in [5, 5.41) is 0. The highest BCUT2D eigenvalue weighted by molar-refractivity contribution is 7.43. The summed E-state index contributed by atoms with van der Waals surface area (Å²) in [5.41, 5.74) is 8.98. The molecule has 0 aliphatic carbocycles. The Morgan fingerprint density at radius 1 is 0.382 bits per heavy atom. The lowest BCUT2D eigenvalue weighted by molar-refractivity contribution is 0.103. The van der Waals surface area contributed by atoms with Crippen molar-refractivity contribution in [2.24, 2.45) is 0 Å². The third-order valence-corrected chi connectivity index (χ3v) is 13.1. The van der Waals surface area contributed by atoms with E-state index in [1.807, 2.05) is 100 Å². The SMILES string of the molecule is C=CC(=O)c1ccc(-c2ccc(C(=O)C=C)cc2OP(Oc2ccc(C=C)cc2CC)Oc2ccc(C=C)cc2CC)c(OP(Oc2ccc(C=C)cc2CC)Oc2ccc(C=C)cc2CC)c1. The second kappa shape index (κ2) is 24.0. The van der Waals surface area contributed by atoms with Gasteiger partial charge in [0.15, 0.2) is 11.6 Å². The standard InChI is InChI=1S/C58H56O8P2/c1-11-39-21-29-53(43(15-5)33-39)61-67(62-54-30-22-40(12-2)34-44(54)16-6)65-57-37-47(51(59)19-9)25-27-49(57)50-28-26-48(52(60)20-10)38-58(50)66-68(63-55-31-23-41(13-3)35-45(55)17-7)64-56-32-24-42(14-4)36-46(56)18-8/h11-14,19-38H,1-4,9-10,15-18H2,5-8H3. The first-order chi connectivity index (χ1) is 33.0. The molecule has 0 unspecified atom stereocenters. The second-order valence-corrected chi connectivity index (χ2v) is 17.2. The number of allylic oxidation sites excluding steroid dienone is 2. The van der Waals surface area contributed by atoms with Crippen LogP contribution in [0.15, 0.2) is 161 Å². The Balaban J connectivity index is 1.54. The van der Waals surface area contributed by atoms with E-state index in [-0.39, 0.29) is 23.1 Å². The van der Waals surface area contributed by atoms with Gasteiger partial charge < -0.3 is 27.1 Å². The maximum atomic E-state index is 13.3. The highest BCUT2D eigenvalue weighted by atomic mass is 31.2. The molecule has 10 heteroatoms. The number of benzene rings is 6. The van der Waals surface area contributed by atoms with Crippen molar-refractivity contribution in [3.05, 3.63) is 216 Å². The summed E-state index contributed by atoms with van der Waals surface area (Å²) in [4.78, 5) is 26.6. The Labute approximate surface area is 403 Å². The Morgan fingerprint density at radius 3 is 0.882 bits per heavy atom. The molecule has 346 valence electrons. The summed E-state index contributed by atoms with van der Waals surface area (Å²) in [7, 11) is -4.58. The van der Waals surface area contributed by atoms with Crippen LogP contribution in [0.2, 0.25) is 0 Å². The molecule has 6 rings (SSSR count). The minimum absolute atomic E-state index is 0.228. The third kappa shape index (κ3) is 12.2. The fourth-order valence-corrected chi connectivity index (χ4v) is 9.35. The number of rotatable bonds is 25. The molecule has 0 atom stereocenters. The van der Waals surface area contributed by atoms with Crippen molar-refractivity contribution >= 4 is 53.1 Å². The van der Waals surface area contributed by atoms with Gasteiger partial charge in [0.05, 0.1) is 0 Å². The van der Waals surface area contributed by atoms with Crippen LogP contribution in [0.25, 0.3) is 35.4 Å². The summed E-state index contributed by atoms with van der Waals surface area (Å²) in [6.45, 7) is 31.4. The van der Waals surface area contributed by atoms with Crippen LogP contribution in [0.3, 0.4) is 0 Å². The normalized spacial score (nSPS) is 10.7. The third-order valence-electron chi connectivity index (χ3n) is 11.0. The van der Waals surface area contributed by atoms with Crippen LogP contribution in [0.1, 0.15) is 92.9 Å². The molecule has 0 spiro atoms. The number of hydrogen-bond acceptors (Lipinski definition) is 8. The molecule has 0 fully saturated rings. The number of aryl methyl sites for hydroxylation is 4. The molecule has 0 heterocycles. The minimum Gasteiger partial charge on any atom is -0.408 e. The van der Waals surface area contributed by atoms with E-state index < -0.39 is 17.2 Å². The van der Waals surface area contributed by atoms with Crippen molar-refractivity contribution in [1.29, 1.82) is 0 Å². The Morgan fingerprint density at radius 2 is 0.647 bits per heavy atom. The van der Waals surface area contributed by atoms with Gasteiger partial charge in [-0.2, -0.15) is 0 Å². The van der Waals surface area contributed by atoms with Crippen LogP contribution in [0.4, 0.5) is 0 Å². The number of carbonyl (C=O) groups excluding carboxylic acids is 2. The van der Waals surface area contributed by atoms with Crippen molar-refractivity contribution < 1.29 is 36.7 Å². The second-order valence-electron chi connectivity index (χ2n) is 15.3. The quantitative estimate of drug-likeness (QED) is 0.0319. The molecular weight excluding hydrogens is 887 g/mol. The van der Waals surface area contributed by atoms with E-state index in [0.29, 0.717) is 70.9 Å². The topological polar surface area (TPSA) is 89.5 Å². The average Bonchev–Trinajstić information content (AvgIpc) is 3.38. The Bertz CT molecular complexity index is 2560. The van der Waals surface area contributed by atoms with Gasteiger partial charge in [0.1, 0.15) is 34.5 Å². The Hall–Kier alpha value is -7.24. The Kier molecular flexibility index (Phi) is 17.7. The first-order valence-corrected chi connectivity index (χ1v) is 24.5. The molecule has 6 aromatic carbocycles. The number of hydrogen-bond donors (Lipinski definition) is 0. The maximum absolute atomic E-state index is 13.3. The summed E-state index contributed by atoms with van der Waals surface area (Å²) >= 11 is 0. The lowest BCUT2D eigenvalue weighted by Gasteiger charge is -2.24. The van der Waals surface area contributed by atoms with Crippen LogP contribution in [-0.4, -0.2) is 11.6 Å². The van der Waals surface area contributed by atoms with Gasteiger partial charge in [-0.05, 0) is 155 Å². The van der Waals surface area contributed by atoms with Crippen molar-refractivity contribution in [1.82, 2.24) is 0 Å². The van der Waals surface area contributed by atoms with Gasteiger partial charge in [0.25, 0.3) is 0 Å². The van der Waals surface area contributed by atoms with Crippen molar-refractivity contribution in [2.75, 3.05) is 0 Å². The average molecular weight is 943 g/mol. The largest absolute Gasteiger partial charge is 0.530 e. The van der Waals surface area contributed by atoms with Crippen LogP contribution in [0.5, 0.6) is 34.5 Å². The molecule has 0 N–H and O–H groups in total. The highest BCUT2D eigenvalue weighted by Crippen LogP contribution is 2.51. The maximum Gasteiger partial charge on any atom is 0.530 e. The molecular formula is C58H56O8P2. The van der Waals surface area contributed by atoms with E-state index in [2.05, 4.69) is 39.5 Å². The van der Waals surface area contributed by atoms with E-state index in [1.165, 1.54) is 12.2 Å². The fourth-order valence-electron chi connectivity index (χ4n) is 7.14. The van der Waals surface area contributed by atoms with Crippen LogP contribution < -0.4 is 27.1 Å². The molecule has 0 saturated heterocycles. The number of ketones is 2. The number of carbonyl (C=O) groups is 2. The molecule has 0 aromatic heterocycles. The van der Waals surface area contributed by atoms with Crippen molar-refractivity contribution in [3.8, 4) is 45.6 Å². The smallest absolute Gasteiger partial charge is 0.408 e. The summed E-state index contributed by atoms with van der Waals surface area (Å²) in [6, 6.07) is 33.2. The fraction of sp³-hybridized carbons (Fsp3) is 0.138. The van der Waals surface area contributed by atoms with Gasteiger partial charge in [-0.1, -0.05) is 128 Å². The van der Waals surface area contributed by atoms with Crippen molar-refractivity contribution in [2.45, 2.75) is 53.4 Å². The van der Waals surface area contributed by atoms with E-state index in [4.69, 9.17) is 27.1 Å². The zero-order valence-electron chi connectivity index (χ0n) is 39.1. The van der Waals surface area contributed by atoms with Gasteiger partial charge >= 0.3 is 17.2 Å². The van der Waals surface area contributed by atoms with Gasteiger partial charge in [0, 0.05) is 22.3 Å². The van der Waals surface area contributed by atoms with Crippen molar-refractivity contribution in [3.63, 3.8) is 0 Å². The van der Waals surface area contributed by atoms with E-state index in [0.717, 1.165) is 44.5 Å². The molecule has 0 bridgehead atoms. The lowest BCUT2D eigenvalue weighted by Crippen LogP contribution is -2.08. The van der Waals surface area contributed by atoms with E-state index in [1.54, 1.807) is 60.7 Å². The lowest BCUT2D eigenvalue weighted by atomic mass is 9.98. The molecule has 0 amide bonds. The van der Waals surface area contributed by atoms with Gasteiger partial charge in [-0.3, -0.25) is 9.59 Å². The summed E-state index contributed by atoms with van der Waals surface area (Å²) < 4.78 is 40.6. The van der Waals surface area contributed by atoms with Crippen LogP contribution >= 0.6 is 17.2 Å². The monoisotopic (exact) mass is 942 g/mol. The zero-order chi connectivity index (χ0) is 48.7. The van der Waals surface area contributed by atoms with Crippen LogP contribution in [0, 0.1) is 0 Å². The first-order valence-electron chi connectivity index (χ1n) is 22.3. The van der Waals surface area contributed by atoms with Gasteiger partial charge in [-0.15, -0.1) is 0 Å². The molecule has 6 aromatic rings. The molecule has 0 saturated carbocycles. The summed E-state index contributed by atoms with van der Waals surface area (Å²) in [6.07, 6.45) is 12.2. The molecule has 0 aliphatic rings. The van der Waals surface area contributed by atoms with Gasteiger partial charge in [0.2, 0.25) is 0 Å². The zero-order valence-corrected chi connectivity index (χ0v) is 40.9. The first kappa shape index (κ1) is 50.2. The van der Waals surface area contributed by atoms with E-state index in [9.17, 15) is 9.59 Å². The summed E-state index contributed by atoms with van der Waals surface area (Å²) in [5.74, 6) is 2.03. The highest BCUT2D eigenvalue weighted by Gasteiger charge is 2.29. The molecule has 0 radical (unpaired) electrons. The predicted molar refractivity (Wildman–Crippen MR) is 282 cm³/mol. The van der Waals surface area contributed by atoms with Crippen LogP contribution in [-0.2, 0) is 25.7 Å². The molecule has 68 heavy (non-hydrogen) atoms. The predicted octanol–water partition coefficient (Wildman–Crippen LogP) is 16.4. The molecule has 8 nitrogen and oxygen atoms in total.